The Morgan fingerprint density at radius 3 is 2.85 bits per heavy atom. The molecular weight excluding hydrogens is 228 g/mol. The fraction of sp³-hybridized carbons (Fsp3) is 0.100. The van der Waals surface area contributed by atoms with Gasteiger partial charge in [0.05, 0.1) is 14.6 Å². The molecule has 2 nitrogen and oxygen atoms in total. The molecule has 2 aromatic rings. The van der Waals surface area contributed by atoms with Crippen molar-refractivity contribution in [1.82, 2.24) is 9.78 Å². The summed E-state index contributed by atoms with van der Waals surface area (Å²) in [5, 5.41) is 3.80. The van der Waals surface area contributed by atoms with Gasteiger partial charge in [-0.3, -0.25) is 0 Å². The van der Waals surface area contributed by atoms with Gasteiger partial charge in [0.2, 0.25) is 0 Å². The molecule has 2 rings (SSSR count). The maximum atomic E-state index is 7.82. The number of halogens is 1. The first kappa shape index (κ1) is 4.42. The molecule has 0 bridgehead atoms. The summed E-state index contributed by atoms with van der Waals surface area (Å²) in [6.45, 7) is -2.50. The first-order chi connectivity index (χ1) is 8.30. The van der Waals surface area contributed by atoms with Crippen molar-refractivity contribution in [2.75, 3.05) is 0 Å². The molecular formula is C10H9BrN2. The zero-order valence-electron chi connectivity index (χ0n) is 11.6. The zero-order valence-corrected chi connectivity index (χ0v) is 8.17. The molecule has 0 spiro atoms. The number of benzene rings is 1. The Morgan fingerprint density at radius 2 is 2.23 bits per heavy atom. The molecule has 0 N–H and O–H groups in total. The van der Waals surface area contributed by atoms with Crippen LogP contribution in [0, 0.1) is 6.85 Å². The highest BCUT2D eigenvalue weighted by molar-refractivity contribution is 9.10. The molecule has 0 saturated heterocycles. The van der Waals surface area contributed by atoms with E-state index < -0.39 is 6.85 Å². The first-order valence-electron chi connectivity index (χ1n) is 6.13. The van der Waals surface area contributed by atoms with Crippen LogP contribution < -0.4 is 0 Å². The van der Waals surface area contributed by atoms with E-state index in [0.29, 0.717) is 5.69 Å². The SMILES string of the molecule is [2H]c1nn(-c2ccc(Br)cc2)c([2H])c1C([2H])([2H])[2H]. The van der Waals surface area contributed by atoms with Gasteiger partial charge in [0.25, 0.3) is 0 Å². The largest absolute Gasteiger partial charge is 0.241 e. The lowest BCUT2D eigenvalue weighted by atomic mass is 10.3. The van der Waals surface area contributed by atoms with E-state index in [9.17, 15) is 0 Å². The van der Waals surface area contributed by atoms with Crippen molar-refractivity contribution < 1.29 is 6.85 Å². The molecule has 0 atom stereocenters. The molecule has 0 fully saturated rings. The average molecular weight is 242 g/mol. The van der Waals surface area contributed by atoms with Crippen LogP contribution >= 0.6 is 15.9 Å². The predicted octanol–water partition coefficient (Wildman–Crippen LogP) is 2.94. The Bertz CT molecular complexity index is 573. The van der Waals surface area contributed by atoms with Crippen LogP contribution in [0.4, 0.5) is 0 Å². The molecule has 1 heterocycles. The normalized spacial score (nSPS) is 16.8. The van der Waals surface area contributed by atoms with E-state index >= 15 is 0 Å². The molecule has 0 radical (unpaired) electrons. The van der Waals surface area contributed by atoms with Gasteiger partial charge in [-0.15, -0.1) is 0 Å². The van der Waals surface area contributed by atoms with Crippen LogP contribution in [0.5, 0.6) is 0 Å². The summed E-state index contributed by atoms with van der Waals surface area (Å²) >= 11 is 3.28. The summed E-state index contributed by atoms with van der Waals surface area (Å²) in [6, 6.07) is 6.90. The minimum absolute atomic E-state index is 0.276. The summed E-state index contributed by atoms with van der Waals surface area (Å²) < 4.78 is 39.3. The molecule has 3 heteroatoms. The summed E-state index contributed by atoms with van der Waals surface area (Å²) in [6.07, 6.45) is -0.662. The Kier molecular flexibility index (Phi) is 1.14. The molecule has 1 aromatic heterocycles. The van der Waals surface area contributed by atoms with Gasteiger partial charge in [0.1, 0.15) is 0 Å². The van der Waals surface area contributed by atoms with E-state index in [1.165, 1.54) is 0 Å². The molecule has 0 aliphatic carbocycles. The van der Waals surface area contributed by atoms with E-state index in [1.54, 1.807) is 24.3 Å². The number of aromatic nitrogens is 2. The second-order valence-corrected chi connectivity index (χ2v) is 3.40. The third-order valence-electron chi connectivity index (χ3n) is 1.55. The van der Waals surface area contributed by atoms with Crippen molar-refractivity contribution in [2.45, 2.75) is 6.85 Å². The monoisotopic (exact) mass is 241 g/mol. The standard InChI is InChI=1S/C10H9BrN2/c1-8-6-12-13(7-8)10-4-2-9(11)3-5-10/h2-7H,1H3/i1D3,6D,7D. The summed E-state index contributed by atoms with van der Waals surface area (Å²) in [5.41, 5.74) is 0.220. The van der Waals surface area contributed by atoms with E-state index in [2.05, 4.69) is 21.0 Å². The van der Waals surface area contributed by atoms with Gasteiger partial charge in [-0.25, -0.2) is 4.68 Å². The zero-order chi connectivity index (χ0) is 13.5. The number of rotatable bonds is 1. The van der Waals surface area contributed by atoms with E-state index in [1.807, 2.05) is 0 Å². The third kappa shape index (κ3) is 1.80. The maximum Gasteiger partial charge on any atom is 0.0863 e. The smallest absolute Gasteiger partial charge is 0.0863 e. The van der Waals surface area contributed by atoms with Crippen molar-refractivity contribution in [3.05, 3.63) is 46.6 Å². The lowest BCUT2D eigenvalue weighted by Gasteiger charge is -1.99. The van der Waals surface area contributed by atoms with Crippen LogP contribution in [0.25, 0.3) is 5.69 Å². The van der Waals surface area contributed by atoms with Crippen LogP contribution in [-0.4, -0.2) is 9.78 Å². The second kappa shape index (κ2) is 3.34. The molecule has 1 aromatic carbocycles. The van der Waals surface area contributed by atoms with Crippen molar-refractivity contribution in [3.63, 3.8) is 0 Å². The van der Waals surface area contributed by atoms with Crippen molar-refractivity contribution in [1.29, 1.82) is 0 Å². The van der Waals surface area contributed by atoms with E-state index in [0.717, 1.165) is 9.15 Å². The Morgan fingerprint density at radius 1 is 1.46 bits per heavy atom. The van der Waals surface area contributed by atoms with Crippen molar-refractivity contribution >= 4 is 15.9 Å². The molecule has 66 valence electrons. The Hall–Kier alpha value is -1.09. The average Bonchev–Trinajstić information content (AvgIpc) is 2.54. The molecule has 0 saturated carbocycles. The molecule has 0 amide bonds. The van der Waals surface area contributed by atoms with Gasteiger partial charge < -0.3 is 0 Å². The molecule has 0 aliphatic heterocycles. The molecule has 0 aliphatic rings. The van der Waals surface area contributed by atoms with Gasteiger partial charge in [-0.05, 0) is 36.7 Å². The van der Waals surface area contributed by atoms with Gasteiger partial charge in [-0.2, -0.15) is 5.10 Å². The second-order valence-electron chi connectivity index (χ2n) is 2.49. The van der Waals surface area contributed by atoms with Crippen LogP contribution in [-0.2, 0) is 0 Å². The van der Waals surface area contributed by atoms with Gasteiger partial charge in [-0.1, -0.05) is 15.9 Å². The maximum absolute atomic E-state index is 7.82. The van der Waals surface area contributed by atoms with Crippen LogP contribution in [0.3, 0.4) is 0 Å². The van der Waals surface area contributed by atoms with Gasteiger partial charge in [0, 0.05) is 14.8 Å². The van der Waals surface area contributed by atoms with E-state index in [-0.39, 0.29) is 17.9 Å². The fourth-order valence-corrected chi connectivity index (χ4v) is 1.22. The van der Waals surface area contributed by atoms with Gasteiger partial charge in [0.15, 0.2) is 0 Å². The van der Waals surface area contributed by atoms with Crippen molar-refractivity contribution in [3.8, 4) is 5.69 Å². The third-order valence-corrected chi connectivity index (χ3v) is 2.08. The molecule has 0 unspecified atom stereocenters. The summed E-state index contributed by atoms with van der Waals surface area (Å²) in [4.78, 5) is 0. The topological polar surface area (TPSA) is 17.8 Å². The van der Waals surface area contributed by atoms with Crippen LogP contribution in [0.1, 0.15) is 12.4 Å². The highest BCUT2D eigenvalue weighted by Gasteiger charge is 1.96. The van der Waals surface area contributed by atoms with E-state index in [4.69, 9.17) is 6.85 Å². The predicted molar refractivity (Wildman–Crippen MR) is 56.0 cm³/mol. The number of hydrogen-bond donors (Lipinski definition) is 0. The summed E-state index contributed by atoms with van der Waals surface area (Å²) in [5.74, 6) is 0. The highest BCUT2D eigenvalue weighted by atomic mass is 79.9. The highest BCUT2D eigenvalue weighted by Crippen LogP contribution is 2.13. The molecule has 13 heavy (non-hydrogen) atoms. The van der Waals surface area contributed by atoms with Gasteiger partial charge >= 0.3 is 0 Å². The van der Waals surface area contributed by atoms with Crippen molar-refractivity contribution in [2.24, 2.45) is 0 Å². The van der Waals surface area contributed by atoms with Crippen LogP contribution in [0.2, 0.25) is 0 Å². The lowest BCUT2D eigenvalue weighted by molar-refractivity contribution is 0.880. The Balaban J connectivity index is 2.57. The Labute approximate surface area is 92.4 Å². The minimum atomic E-state index is -2.50. The van der Waals surface area contributed by atoms with Crippen LogP contribution in [0.15, 0.2) is 41.1 Å². The fourth-order valence-electron chi connectivity index (χ4n) is 0.960. The summed E-state index contributed by atoms with van der Waals surface area (Å²) in [7, 11) is 0. The lowest BCUT2D eigenvalue weighted by Crippen LogP contribution is -1.92. The number of nitrogens with zero attached hydrogens (tertiary/aromatic N) is 2. The quantitative estimate of drug-likeness (QED) is 0.751. The first-order valence-corrected chi connectivity index (χ1v) is 4.42. The minimum Gasteiger partial charge on any atom is -0.241 e. The number of hydrogen-bond acceptors (Lipinski definition) is 1.